The van der Waals surface area contributed by atoms with E-state index in [9.17, 15) is 4.79 Å². The summed E-state index contributed by atoms with van der Waals surface area (Å²) in [7, 11) is 1.63. The third-order valence-corrected chi connectivity index (χ3v) is 8.00. The van der Waals surface area contributed by atoms with Crippen LogP contribution in [0.25, 0.3) is 5.82 Å². The Morgan fingerprint density at radius 3 is 2.85 bits per heavy atom. The van der Waals surface area contributed by atoms with Gasteiger partial charge in [-0.25, -0.2) is 9.48 Å². The number of hydrogen-bond donors (Lipinski definition) is 3. The molecule has 3 aromatic rings. The fourth-order valence-electron chi connectivity index (χ4n) is 5.41. The fraction of sp³-hybridized carbons (Fsp3) is 0.333. The molecule has 5 rings (SSSR count). The monoisotopic (exact) mass is 590 g/mol. The number of ether oxygens (including phenoxy) is 1. The molecule has 2 aromatic carbocycles. The highest BCUT2D eigenvalue weighted by Crippen LogP contribution is 2.39. The quantitative estimate of drug-likeness (QED) is 0.278. The van der Waals surface area contributed by atoms with Gasteiger partial charge in [0.1, 0.15) is 17.4 Å². The second kappa shape index (κ2) is 11.6. The number of piperidine rings is 1. The summed E-state index contributed by atoms with van der Waals surface area (Å²) in [4.78, 5) is 14.9. The van der Waals surface area contributed by atoms with Crippen LogP contribution in [0.4, 0.5) is 16.3 Å². The zero-order chi connectivity index (χ0) is 27.4. The predicted molar refractivity (Wildman–Crippen MR) is 160 cm³/mol. The average molecular weight is 592 g/mol. The van der Waals surface area contributed by atoms with Gasteiger partial charge in [-0.15, -0.1) is 6.58 Å². The Bertz CT molecular complexity index is 1370. The van der Waals surface area contributed by atoms with Crippen LogP contribution in [0.2, 0.25) is 0 Å². The lowest BCUT2D eigenvalue weighted by Crippen LogP contribution is -2.45. The highest BCUT2D eigenvalue weighted by Gasteiger charge is 2.34. The molecule has 9 heteroatoms. The first-order chi connectivity index (χ1) is 18.9. The summed E-state index contributed by atoms with van der Waals surface area (Å²) >= 11 is 3.66. The van der Waals surface area contributed by atoms with Gasteiger partial charge in [0.15, 0.2) is 0 Å². The Morgan fingerprint density at radius 1 is 1.28 bits per heavy atom. The number of methoxy groups -OCH3 is 1. The minimum atomic E-state index is -0.447. The average Bonchev–Trinajstić information content (AvgIpc) is 3.32. The Labute approximate surface area is 238 Å². The SMILES string of the molecule is C=CCc1ccccc1C1(C)C=C(NCC2CCCN(C(=O)Nc3ccc(OC)cc3)C2)n2ncc(Br)c2N1. The Kier molecular flexibility index (Phi) is 7.97. The van der Waals surface area contributed by atoms with E-state index in [4.69, 9.17) is 4.74 Å². The predicted octanol–water partition coefficient (Wildman–Crippen LogP) is 6.06. The second-order valence-corrected chi connectivity index (χ2v) is 11.1. The van der Waals surface area contributed by atoms with Crippen molar-refractivity contribution in [3.63, 3.8) is 0 Å². The second-order valence-electron chi connectivity index (χ2n) is 10.3. The van der Waals surface area contributed by atoms with Gasteiger partial charge in [0, 0.05) is 25.3 Å². The summed E-state index contributed by atoms with van der Waals surface area (Å²) < 4.78 is 8.01. The van der Waals surface area contributed by atoms with E-state index in [0.29, 0.717) is 12.5 Å². The molecule has 0 aliphatic carbocycles. The summed E-state index contributed by atoms with van der Waals surface area (Å²) in [6.07, 6.45) is 8.77. The first kappa shape index (κ1) is 26.9. The minimum Gasteiger partial charge on any atom is -0.497 e. The number of nitrogens with zero attached hydrogens (tertiary/aromatic N) is 3. The van der Waals surface area contributed by atoms with E-state index in [2.05, 4.69) is 80.8 Å². The Morgan fingerprint density at radius 2 is 2.08 bits per heavy atom. The van der Waals surface area contributed by atoms with Crippen molar-refractivity contribution >= 4 is 39.3 Å². The third-order valence-electron chi connectivity index (χ3n) is 7.42. The van der Waals surface area contributed by atoms with Gasteiger partial charge in [0.25, 0.3) is 0 Å². The van der Waals surface area contributed by atoms with Gasteiger partial charge in [0.2, 0.25) is 0 Å². The van der Waals surface area contributed by atoms with E-state index >= 15 is 0 Å². The number of anilines is 2. The molecule has 0 spiro atoms. The number of carbonyl (C=O) groups is 1. The van der Waals surface area contributed by atoms with Gasteiger partial charge >= 0.3 is 6.03 Å². The molecule has 2 atom stereocenters. The van der Waals surface area contributed by atoms with Crippen LogP contribution < -0.4 is 20.7 Å². The summed E-state index contributed by atoms with van der Waals surface area (Å²) in [6.45, 7) is 8.31. The molecule has 204 valence electrons. The number of hydrogen-bond acceptors (Lipinski definition) is 5. The maximum atomic E-state index is 13.0. The molecule has 1 fully saturated rings. The van der Waals surface area contributed by atoms with Crippen molar-refractivity contribution in [2.75, 3.05) is 37.4 Å². The number of halogens is 1. The standard InChI is InChI=1S/C30H35BrN6O2/c1-4-8-22-10-5-6-11-25(22)30(2)17-27(37-28(35-30)26(31)19-33-37)32-18-21-9-7-16-36(20-21)29(38)34-23-12-14-24(39-3)15-13-23/h4-6,10-15,17,19,21,32,35H,1,7-9,16,18,20H2,2-3H3,(H,34,38). The Balaban J connectivity index is 1.30. The topological polar surface area (TPSA) is 83.5 Å². The Hall–Kier alpha value is -3.72. The first-order valence-corrected chi connectivity index (χ1v) is 14.1. The number of urea groups is 1. The first-order valence-electron chi connectivity index (χ1n) is 13.3. The van der Waals surface area contributed by atoms with Crippen molar-refractivity contribution in [1.82, 2.24) is 20.0 Å². The van der Waals surface area contributed by atoms with E-state index in [1.54, 1.807) is 7.11 Å². The highest BCUT2D eigenvalue weighted by molar-refractivity contribution is 9.10. The molecule has 0 bridgehead atoms. The van der Waals surface area contributed by atoms with Crippen LogP contribution in [-0.2, 0) is 12.0 Å². The molecule has 2 amide bonds. The number of nitrogens with one attached hydrogen (secondary N) is 3. The number of allylic oxidation sites excluding steroid dienone is 1. The van der Waals surface area contributed by atoms with Crippen LogP contribution in [-0.4, -0.2) is 47.5 Å². The third kappa shape index (κ3) is 5.83. The van der Waals surface area contributed by atoms with Crippen molar-refractivity contribution in [2.24, 2.45) is 5.92 Å². The van der Waals surface area contributed by atoms with E-state index < -0.39 is 5.54 Å². The molecule has 1 saturated heterocycles. The van der Waals surface area contributed by atoms with Crippen LogP contribution in [0.15, 0.2) is 77.9 Å². The molecule has 0 saturated carbocycles. The van der Waals surface area contributed by atoms with E-state index in [1.807, 2.05) is 46.1 Å². The number of likely N-dealkylation sites (tertiary alicyclic amines) is 1. The van der Waals surface area contributed by atoms with Crippen molar-refractivity contribution in [3.05, 3.63) is 89.1 Å². The number of amides is 2. The molecular formula is C30H35BrN6O2. The van der Waals surface area contributed by atoms with Crippen LogP contribution in [0.1, 0.15) is 30.9 Å². The maximum absolute atomic E-state index is 13.0. The molecule has 2 aliphatic rings. The fourth-order valence-corrected chi connectivity index (χ4v) is 5.77. The molecular weight excluding hydrogens is 556 g/mol. The van der Waals surface area contributed by atoms with E-state index in [0.717, 1.165) is 59.9 Å². The van der Waals surface area contributed by atoms with E-state index in [-0.39, 0.29) is 6.03 Å². The van der Waals surface area contributed by atoms with Crippen molar-refractivity contribution in [3.8, 4) is 5.75 Å². The lowest BCUT2D eigenvalue weighted by Gasteiger charge is -2.37. The van der Waals surface area contributed by atoms with Gasteiger partial charge in [-0.2, -0.15) is 5.10 Å². The van der Waals surface area contributed by atoms with Gasteiger partial charge in [0.05, 0.1) is 23.3 Å². The zero-order valence-corrected chi connectivity index (χ0v) is 24.0. The zero-order valence-electron chi connectivity index (χ0n) is 22.4. The van der Waals surface area contributed by atoms with Crippen LogP contribution in [0.5, 0.6) is 5.75 Å². The summed E-state index contributed by atoms with van der Waals surface area (Å²) in [5.41, 5.74) is 2.74. The maximum Gasteiger partial charge on any atom is 0.321 e. The number of carbonyl (C=O) groups excluding carboxylic acids is 1. The lowest BCUT2D eigenvalue weighted by atomic mass is 9.85. The summed E-state index contributed by atoms with van der Waals surface area (Å²) in [5, 5.41) is 15.0. The number of fused-ring (bicyclic) bond motifs is 1. The van der Waals surface area contributed by atoms with E-state index in [1.165, 1.54) is 11.1 Å². The number of aromatic nitrogens is 2. The molecule has 2 unspecified atom stereocenters. The van der Waals surface area contributed by atoms with Crippen molar-refractivity contribution in [2.45, 2.75) is 31.7 Å². The minimum absolute atomic E-state index is 0.0735. The summed E-state index contributed by atoms with van der Waals surface area (Å²) in [6, 6.07) is 15.8. The molecule has 39 heavy (non-hydrogen) atoms. The highest BCUT2D eigenvalue weighted by atomic mass is 79.9. The number of rotatable bonds is 8. The lowest BCUT2D eigenvalue weighted by molar-refractivity contribution is 0.177. The van der Waals surface area contributed by atoms with Gasteiger partial charge in [-0.05, 0) is 89.5 Å². The molecule has 1 aromatic heterocycles. The van der Waals surface area contributed by atoms with Crippen molar-refractivity contribution in [1.29, 1.82) is 0 Å². The molecule has 3 heterocycles. The van der Waals surface area contributed by atoms with Crippen LogP contribution in [0, 0.1) is 5.92 Å². The van der Waals surface area contributed by atoms with Crippen molar-refractivity contribution < 1.29 is 9.53 Å². The molecule has 8 nitrogen and oxygen atoms in total. The molecule has 0 radical (unpaired) electrons. The largest absolute Gasteiger partial charge is 0.497 e. The summed E-state index contributed by atoms with van der Waals surface area (Å²) in [5.74, 6) is 2.90. The molecule has 3 N–H and O–H groups in total. The smallest absolute Gasteiger partial charge is 0.321 e. The van der Waals surface area contributed by atoms with Gasteiger partial charge in [-0.1, -0.05) is 30.3 Å². The number of benzene rings is 2. The van der Waals surface area contributed by atoms with Crippen LogP contribution in [0.3, 0.4) is 0 Å². The van der Waals surface area contributed by atoms with Gasteiger partial charge < -0.3 is 25.6 Å². The van der Waals surface area contributed by atoms with Crippen LogP contribution >= 0.6 is 15.9 Å². The normalized spacial score (nSPS) is 20.3. The molecule has 2 aliphatic heterocycles. The van der Waals surface area contributed by atoms with Gasteiger partial charge in [-0.3, -0.25) is 0 Å².